The van der Waals surface area contributed by atoms with Crippen LogP contribution in [-0.4, -0.2) is 24.4 Å². The van der Waals surface area contributed by atoms with Crippen molar-refractivity contribution in [3.63, 3.8) is 0 Å². The number of carboxylic acids is 1. The fourth-order valence-corrected chi connectivity index (χ4v) is 6.68. The molecule has 2 aromatic heterocycles. The number of aryl methyl sites for hydroxylation is 3. The fourth-order valence-electron chi connectivity index (χ4n) is 3.95. The van der Waals surface area contributed by atoms with Gasteiger partial charge in [-0.2, -0.15) is 0 Å². The van der Waals surface area contributed by atoms with E-state index in [1.165, 1.54) is 7.11 Å². The van der Waals surface area contributed by atoms with Crippen LogP contribution >= 0.6 is 18.9 Å². The van der Waals surface area contributed by atoms with Crippen molar-refractivity contribution < 1.29 is 23.4 Å². The number of furan rings is 1. The van der Waals surface area contributed by atoms with Gasteiger partial charge in [-0.15, -0.1) is 11.3 Å². The Morgan fingerprint density at radius 1 is 1.11 bits per heavy atom. The van der Waals surface area contributed by atoms with Gasteiger partial charge in [0.2, 0.25) is 0 Å². The van der Waals surface area contributed by atoms with E-state index in [4.69, 9.17) is 8.94 Å². The molecule has 4 aromatic rings. The Kier molecular flexibility index (Phi) is 7.64. The Morgan fingerprint density at radius 2 is 1.81 bits per heavy atom. The smallest absolute Gasteiger partial charge is 0.348 e. The number of hydrogen-bond donors (Lipinski definition) is 2. The van der Waals surface area contributed by atoms with Crippen LogP contribution in [0, 0.1) is 20.8 Å². The largest absolute Gasteiger partial charge is 0.477 e. The van der Waals surface area contributed by atoms with E-state index in [-0.39, 0.29) is 10.6 Å². The standard InChI is InChI=1S/C28H27N2O5PS/c1-6-13-29-22-15-24(35-19(22)4)20-8-10-21(11-9-20)26-16-23(27(37-26)28(31)32)30-36(33,34-5)25-12-7-17(2)14-18(25)3/h6-16H,1H2,2-5H3,(H,30,33)(H,31,32)/b29-13-. The lowest BCUT2D eigenvalue weighted by molar-refractivity contribution is 0.0703. The lowest BCUT2D eigenvalue weighted by Crippen LogP contribution is -2.17. The fraction of sp³-hybridized carbons (Fsp3) is 0.143. The minimum atomic E-state index is -3.57. The molecule has 2 aromatic carbocycles. The van der Waals surface area contributed by atoms with Gasteiger partial charge in [-0.3, -0.25) is 9.56 Å². The highest BCUT2D eigenvalue weighted by Crippen LogP contribution is 2.49. The van der Waals surface area contributed by atoms with Crippen molar-refractivity contribution >= 4 is 47.7 Å². The molecule has 0 bridgehead atoms. The van der Waals surface area contributed by atoms with Crippen molar-refractivity contribution in [2.75, 3.05) is 12.2 Å². The normalized spacial score (nSPS) is 13.0. The summed E-state index contributed by atoms with van der Waals surface area (Å²) < 4.78 is 25.0. The van der Waals surface area contributed by atoms with Gasteiger partial charge >= 0.3 is 13.5 Å². The van der Waals surface area contributed by atoms with Gasteiger partial charge in [-0.1, -0.05) is 54.6 Å². The first-order valence-electron chi connectivity index (χ1n) is 11.4. The van der Waals surface area contributed by atoms with Crippen molar-refractivity contribution in [3.8, 4) is 21.8 Å². The van der Waals surface area contributed by atoms with Crippen molar-refractivity contribution in [2.45, 2.75) is 20.8 Å². The maximum atomic E-state index is 13.8. The Balaban J connectivity index is 1.66. The van der Waals surface area contributed by atoms with Crippen molar-refractivity contribution in [2.24, 2.45) is 4.99 Å². The lowest BCUT2D eigenvalue weighted by Gasteiger charge is -2.20. The zero-order valence-corrected chi connectivity index (χ0v) is 22.7. The number of allylic oxidation sites excluding steroid dienone is 1. The Morgan fingerprint density at radius 3 is 2.43 bits per heavy atom. The number of carbonyl (C=O) groups is 1. The van der Waals surface area contributed by atoms with E-state index in [1.54, 1.807) is 24.4 Å². The minimum Gasteiger partial charge on any atom is -0.477 e. The van der Waals surface area contributed by atoms with Crippen LogP contribution in [0.15, 0.2) is 76.7 Å². The zero-order valence-electron chi connectivity index (χ0n) is 20.9. The van der Waals surface area contributed by atoms with Gasteiger partial charge in [0, 0.05) is 29.8 Å². The van der Waals surface area contributed by atoms with E-state index in [2.05, 4.69) is 16.7 Å². The minimum absolute atomic E-state index is 0.0486. The van der Waals surface area contributed by atoms with Crippen LogP contribution in [-0.2, 0) is 9.09 Å². The Hall–Kier alpha value is -3.71. The molecule has 190 valence electrons. The summed E-state index contributed by atoms with van der Waals surface area (Å²) in [7, 11) is -2.22. The topological polar surface area (TPSA) is 101 Å². The van der Waals surface area contributed by atoms with Gasteiger partial charge in [0.25, 0.3) is 0 Å². The second kappa shape index (κ2) is 10.7. The van der Waals surface area contributed by atoms with E-state index in [9.17, 15) is 14.5 Å². The summed E-state index contributed by atoms with van der Waals surface area (Å²) >= 11 is 1.10. The quantitative estimate of drug-likeness (QED) is 0.168. The molecular weight excluding hydrogens is 507 g/mol. The van der Waals surface area contributed by atoms with Crippen molar-refractivity contribution in [1.29, 1.82) is 0 Å². The van der Waals surface area contributed by atoms with Crippen LogP contribution in [0.5, 0.6) is 0 Å². The van der Waals surface area contributed by atoms with Crippen LogP contribution in [0.25, 0.3) is 21.8 Å². The number of aromatic carboxylic acids is 1. The van der Waals surface area contributed by atoms with Gasteiger partial charge in [0.1, 0.15) is 22.1 Å². The highest BCUT2D eigenvalue weighted by Gasteiger charge is 2.30. The number of carboxylic acid groups (broad SMARTS) is 1. The number of nitrogens with one attached hydrogen (secondary N) is 1. The van der Waals surface area contributed by atoms with Gasteiger partial charge in [-0.25, -0.2) is 4.79 Å². The summed E-state index contributed by atoms with van der Waals surface area (Å²) in [4.78, 5) is 17.1. The molecule has 0 saturated carbocycles. The molecule has 1 unspecified atom stereocenters. The average molecular weight is 535 g/mol. The van der Waals surface area contributed by atoms with E-state index >= 15 is 0 Å². The van der Waals surface area contributed by atoms with Crippen LogP contribution in [0.1, 0.15) is 26.6 Å². The Bertz CT molecular complexity index is 1550. The molecule has 0 aliphatic rings. The van der Waals surface area contributed by atoms with Gasteiger partial charge < -0.3 is 19.1 Å². The molecular formula is C28H27N2O5PS. The highest BCUT2D eigenvalue weighted by atomic mass is 32.1. The van der Waals surface area contributed by atoms with Crippen LogP contribution in [0.2, 0.25) is 0 Å². The molecule has 4 rings (SSSR count). The lowest BCUT2D eigenvalue weighted by atomic mass is 10.1. The molecule has 0 radical (unpaired) electrons. The molecule has 0 spiro atoms. The van der Waals surface area contributed by atoms with E-state index < -0.39 is 13.5 Å². The highest BCUT2D eigenvalue weighted by molar-refractivity contribution is 7.68. The van der Waals surface area contributed by atoms with E-state index in [1.807, 2.05) is 63.2 Å². The average Bonchev–Trinajstić information content (AvgIpc) is 3.46. The molecule has 0 amide bonds. The SMILES string of the molecule is C=C/C=N\c1cc(-c2ccc(-c3cc(NP(=O)(OC)c4ccc(C)cc4C)c(C(=O)O)s3)cc2)oc1C. The van der Waals surface area contributed by atoms with Crippen molar-refractivity contribution in [3.05, 3.63) is 89.0 Å². The molecule has 1 atom stereocenters. The summed E-state index contributed by atoms with van der Waals surface area (Å²) in [6, 6.07) is 16.6. The number of aliphatic imine (C=N–C) groups is 1. The number of nitrogens with zero attached hydrogens (tertiary/aromatic N) is 1. The monoisotopic (exact) mass is 534 g/mol. The van der Waals surface area contributed by atoms with Crippen LogP contribution < -0.4 is 10.4 Å². The first kappa shape index (κ1) is 26.4. The molecule has 2 N–H and O–H groups in total. The molecule has 37 heavy (non-hydrogen) atoms. The first-order chi connectivity index (χ1) is 17.6. The van der Waals surface area contributed by atoms with E-state index in [0.29, 0.717) is 21.7 Å². The molecule has 9 heteroatoms. The van der Waals surface area contributed by atoms with Gasteiger partial charge in [0.05, 0.1) is 11.0 Å². The number of rotatable bonds is 9. The number of anilines is 1. The maximum Gasteiger partial charge on any atom is 0.348 e. The zero-order chi connectivity index (χ0) is 26.7. The van der Waals surface area contributed by atoms with E-state index in [0.717, 1.165) is 39.3 Å². The summed E-state index contributed by atoms with van der Waals surface area (Å²) in [5.74, 6) is 0.260. The summed E-state index contributed by atoms with van der Waals surface area (Å²) in [5, 5.41) is 13.3. The molecule has 0 aliphatic carbocycles. The second-order valence-electron chi connectivity index (χ2n) is 8.44. The van der Waals surface area contributed by atoms with Crippen LogP contribution in [0.3, 0.4) is 0 Å². The third-order valence-corrected chi connectivity index (χ3v) is 9.14. The number of thiophene rings is 1. The second-order valence-corrected chi connectivity index (χ2v) is 11.7. The third kappa shape index (κ3) is 5.52. The first-order valence-corrected chi connectivity index (χ1v) is 13.8. The predicted octanol–water partition coefficient (Wildman–Crippen LogP) is 7.76. The maximum absolute atomic E-state index is 13.8. The summed E-state index contributed by atoms with van der Waals surface area (Å²) in [5.41, 5.74) is 4.47. The van der Waals surface area contributed by atoms with Crippen LogP contribution in [0.4, 0.5) is 11.4 Å². The predicted molar refractivity (Wildman–Crippen MR) is 151 cm³/mol. The number of benzene rings is 2. The van der Waals surface area contributed by atoms with Gasteiger partial charge in [0.15, 0.2) is 0 Å². The van der Waals surface area contributed by atoms with Gasteiger partial charge in [-0.05, 0) is 44.0 Å². The van der Waals surface area contributed by atoms with Crippen molar-refractivity contribution in [1.82, 2.24) is 0 Å². The third-order valence-electron chi connectivity index (χ3n) is 5.79. The summed E-state index contributed by atoms with van der Waals surface area (Å²) in [6.45, 7) is 9.28. The molecule has 2 heterocycles. The molecule has 0 saturated heterocycles. The Labute approximate surface area is 219 Å². The molecule has 0 fully saturated rings. The number of hydrogen-bond acceptors (Lipinski definition) is 6. The molecule has 0 aliphatic heterocycles. The molecule has 7 nitrogen and oxygen atoms in total. The summed E-state index contributed by atoms with van der Waals surface area (Å²) in [6.07, 6.45) is 3.21.